The lowest BCUT2D eigenvalue weighted by atomic mass is 10.2. The molecule has 1 aromatic rings. The van der Waals surface area contributed by atoms with Gasteiger partial charge in [0.25, 0.3) is 0 Å². The van der Waals surface area contributed by atoms with Crippen molar-refractivity contribution in [2.24, 2.45) is 0 Å². The van der Waals surface area contributed by atoms with Crippen LogP contribution in [-0.4, -0.2) is 33.3 Å². The first-order valence-electron chi connectivity index (χ1n) is 5.96. The summed E-state index contributed by atoms with van der Waals surface area (Å²) in [5, 5.41) is 2.95. The zero-order valence-electron chi connectivity index (χ0n) is 11.3. The molecular formula is C13H17F2NO4. The second-order valence-corrected chi connectivity index (χ2v) is 3.83. The van der Waals surface area contributed by atoms with Crippen molar-refractivity contribution in [1.29, 1.82) is 0 Å². The summed E-state index contributed by atoms with van der Waals surface area (Å²) in [6, 6.07) is 4.86. The van der Waals surface area contributed by atoms with Crippen LogP contribution in [-0.2, 0) is 16.1 Å². The van der Waals surface area contributed by atoms with E-state index in [1.165, 1.54) is 20.3 Å². The summed E-state index contributed by atoms with van der Waals surface area (Å²) < 4.78 is 38.8. The van der Waals surface area contributed by atoms with Crippen LogP contribution in [0.15, 0.2) is 18.2 Å². The van der Waals surface area contributed by atoms with Crippen LogP contribution in [0, 0.1) is 0 Å². The first-order valence-corrected chi connectivity index (χ1v) is 5.96. The summed E-state index contributed by atoms with van der Waals surface area (Å²) in [7, 11) is 2.68. The SMILES string of the molecule is COC(=O)CCNCc1cccc(OC)c1OC(F)F. The third kappa shape index (κ3) is 5.00. The highest BCUT2D eigenvalue weighted by Crippen LogP contribution is 2.32. The van der Waals surface area contributed by atoms with Gasteiger partial charge in [0.05, 0.1) is 20.6 Å². The summed E-state index contributed by atoms with van der Waals surface area (Å²) in [5.74, 6) is -0.111. The highest BCUT2D eigenvalue weighted by molar-refractivity contribution is 5.69. The average molecular weight is 289 g/mol. The van der Waals surface area contributed by atoms with Crippen molar-refractivity contribution >= 4 is 5.97 Å². The Labute approximate surface area is 115 Å². The first kappa shape index (κ1) is 16.2. The number of alkyl halides is 2. The minimum Gasteiger partial charge on any atom is -0.493 e. The number of esters is 1. The Hall–Kier alpha value is -1.89. The number of ether oxygens (including phenoxy) is 3. The number of carbonyl (C=O) groups excluding carboxylic acids is 1. The van der Waals surface area contributed by atoms with Crippen molar-refractivity contribution in [3.63, 3.8) is 0 Å². The number of carbonyl (C=O) groups is 1. The molecule has 1 rings (SSSR count). The van der Waals surface area contributed by atoms with Crippen LogP contribution in [0.1, 0.15) is 12.0 Å². The van der Waals surface area contributed by atoms with Crippen molar-refractivity contribution in [2.45, 2.75) is 19.6 Å². The van der Waals surface area contributed by atoms with Gasteiger partial charge >= 0.3 is 12.6 Å². The largest absolute Gasteiger partial charge is 0.493 e. The maximum atomic E-state index is 12.4. The van der Waals surface area contributed by atoms with E-state index in [9.17, 15) is 13.6 Å². The minimum atomic E-state index is -2.93. The van der Waals surface area contributed by atoms with Gasteiger partial charge < -0.3 is 19.5 Å². The summed E-state index contributed by atoms with van der Waals surface area (Å²) in [6.07, 6.45) is 0.200. The number of hydrogen-bond donors (Lipinski definition) is 1. The molecule has 0 saturated heterocycles. The predicted octanol–water partition coefficient (Wildman–Crippen LogP) is 1.95. The molecule has 0 fully saturated rings. The summed E-state index contributed by atoms with van der Waals surface area (Å²) in [6.45, 7) is -2.28. The van der Waals surface area contributed by atoms with Gasteiger partial charge in [-0.1, -0.05) is 12.1 Å². The van der Waals surface area contributed by atoms with E-state index < -0.39 is 6.61 Å². The Balaban J connectivity index is 2.66. The third-order valence-electron chi connectivity index (χ3n) is 2.54. The van der Waals surface area contributed by atoms with Crippen LogP contribution in [0.5, 0.6) is 11.5 Å². The molecule has 0 saturated carbocycles. The van der Waals surface area contributed by atoms with E-state index in [1.807, 2.05) is 0 Å². The van der Waals surface area contributed by atoms with Crippen molar-refractivity contribution in [2.75, 3.05) is 20.8 Å². The molecule has 5 nitrogen and oxygen atoms in total. The number of nitrogens with one attached hydrogen (secondary N) is 1. The topological polar surface area (TPSA) is 56.8 Å². The maximum Gasteiger partial charge on any atom is 0.387 e. The van der Waals surface area contributed by atoms with Gasteiger partial charge in [-0.15, -0.1) is 0 Å². The van der Waals surface area contributed by atoms with Crippen LogP contribution in [0.2, 0.25) is 0 Å². The van der Waals surface area contributed by atoms with Crippen molar-refractivity contribution < 1.29 is 27.8 Å². The van der Waals surface area contributed by atoms with Gasteiger partial charge in [-0.2, -0.15) is 8.78 Å². The quantitative estimate of drug-likeness (QED) is 0.585. The molecular weight excluding hydrogens is 272 g/mol. The van der Waals surface area contributed by atoms with Crippen molar-refractivity contribution in [1.82, 2.24) is 5.32 Å². The summed E-state index contributed by atoms with van der Waals surface area (Å²) in [4.78, 5) is 10.9. The molecule has 0 aliphatic heterocycles. The van der Waals surface area contributed by atoms with Crippen LogP contribution in [0.4, 0.5) is 8.78 Å². The Bertz CT molecular complexity index is 440. The predicted molar refractivity (Wildman–Crippen MR) is 68.0 cm³/mol. The lowest BCUT2D eigenvalue weighted by molar-refractivity contribution is -0.140. The first-order chi connectivity index (χ1) is 9.58. The zero-order chi connectivity index (χ0) is 15.0. The van der Waals surface area contributed by atoms with Crippen LogP contribution >= 0.6 is 0 Å². The van der Waals surface area contributed by atoms with Gasteiger partial charge in [0, 0.05) is 18.7 Å². The molecule has 0 spiro atoms. The van der Waals surface area contributed by atoms with Gasteiger partial charge in [-0.3, -0.25) is 4.79 Å². The fraction of sp³-hybridized carbons (Fsp3) is 0.462. The van der Waals surface area contributed by atoms with E-state index in [4.69, 9.17) is 4.74 Å². The minimum absolute atomic E-state index is 0.00410. The molecule has 7 heteroatoms. The second kappa shape index (κ2) is 8.31. The van der Waals surface area contributed by atoms with E-state index in [-0.39, 0.29) is 30.4 Å². The molecule has 0 radical (unpaired) electrons. The fourth-order valence-corrected chi connectivity index (χ4v) is 1.60. The van der Waals surface area contributed by atoms with Gasteiger partial charge in [0.1, 0.15) is 0 Å². The molecule has 0 bridgehead atoms. The zero-order valence-corrected chi connectivity index (χ0v) is 11.3. The molecule has 0 aliphatic carbocycles. The molecule has 0 atom stereocenters. The highest BCUT2D eigenvalue weighted by Gasteiger charge is 2.15. The van der Waals surface area contributed by atoms with Gasteiger partial charge in [-0.25, -0.2) is 0 Å². The third-order valence-corrected chi connectivity index (χ3v) is 2.54. The molecule has 0 aliphatic rings. The fourth-order valence-electron chi connectivity index (χ4n) is 1.60. The number of halogens is 2. The molecule has 0 heterocycles. The Morgan fingerprint density at radius 2 is 2.10 bits per heavy atom. The van der Waals surface area contributed by atoms with Gasteiger partial charge in [-0.05, 0) is 6.07 Å². The molecule has 0 aromatic heterocycles. The summed E-state index contributed by atoms with van der Waals surface area (Å²) in [5.41, 5.74) is 0.523. The van der Waals surface area contributed by atoms with Crippen LogP contribution in [0.3, 0.4) is 0 Å². The van der Waals surface area contributed by atoms with E-state index in [0.29, 0.717) is 12.1 Å². The number of para-hydroxylation sites is 1. The van der Waals surface area contributed by atoms with Crippen molar-refractivity contribution in [3.8, 4) is 11.5 Å². The number of benzene rings is 1. The molecule has 0 amide bonds. The van der Waals surface area contributed by atoms with Crippen molar-refractivity contribution in [3.05, 3.63) is 23.8 Å². The standard InChI is InChI=1S/C13H17F2NO4/c1-18-10-5-3-4-9(12(10)20-13(14)15)8-16-7-6-11(17)19-2/h3-5,13,16H,6-8H2,1-2H3. The highest BCUT2D eigenvalue weighted by atomic mass is 19.3. The average Bonchev–Trinajstić information content (AvgIpc) is 2.43. The Kier molecular flexibility index (Phi) is 6.72. The van der Waals surface area contributed by atoms with E-state index in [1.54, 1.807) is 12.1 Å². The molecule has 0 unspecified atom stereocenters. The molecule has 112 valence electrons. The van der Waals surface area contributed by atoms with E-state index in [2.05, 4.69) is 14.8 Å². The molecule has 20 heavy (non-hydrogen) atoms. The molecule has 1 N–H and O–H groups in total. The lowest BCUT2D eigenvalue weighted by Gasteiger charge is -2.14. The van der Waals surface area contributed by atoms with Crippen LogP contribution < -0.4 is 14.8 Å². The number of hydrogen-bond acceptors (Lipinski definition) is 5. The maximum absolute atomic E-state index is 12.4. The summed E-state index contributed by atoms with van der Waals surface area (Å²) >= 11 is 0. The smallest absolute Gasteiger partial charge is 0.387 e. The van der Waals surface area contributed by atoms with Gasteiger partial charge in [0.2, 0.25) is 0 Å². The Morgan fingerprint density at radius 3 is 2.70 bits per heavy atom. The van der Waals surface area contributed by atoms with E-state index in [0.717, 1.165) is 0 Å². The monoisotopic (exact) mass is 289 g/mol. The van der Waals surface area contributed by atoms with E-state index >= 15 is 0 Å². The van der Waals surface area contributed by atoms with Crippen LogP contribution in [0.25, 0.3) is 0 Å². The van der Waals surface area contributed by atoms with Gasteiger partial charge in [0.15, 0.2) is 11.5 Å². The lowest BCUT2D eigenvalue weighted by Crippen LogP contribution is -2.19. The number of rotatable bonds is 8. The Morgan fingerprint density at radius 1 is 1.35 bits per heavy atom. The normalized spacial score (nSPS) is 10.4. The number of methoxy groups -OCH3 is 2. The second-order valence-electron chi connectivity index (χ2n) is 3.83. The molecule has 1 aromatic carbocycles.